The normalized spacial score (nSPS) is 20.7. The van der Waals surface area contributed by atoms with Gasteiger partial charge in [0.2, 0.25) is 0 Å². The van der Waals surface area contributed by atoms with Crippen LogP contribution in [-0.4, -0.2) is 48.4 Å². The lowest BCUT2D eigenvalue weighted by Gasteiger charge is -2.24. The Kier molecular flexibility index (Phi) is 5.06. The minimum Gasteiger partial charge on any atom is -0.444 e. The molecular weight excluding hydrogens is 261 g/mol. The Balaban J connectivity index is 2.28. The Morgan fingerprint density at radius 3 is 2.53 bits per heavy atom. The fourth-order valence-electron chi connectivity index (χ4n) is 1.84. The summed E-state index contributed by atoms with van der Waals surface area (Å²) in [6.07, 6.45) is -4.75. The molecule has 1 rings (SSSR count). The molecule has 19 heavy (non-hydrogen) atoms. The lowest BCUT2D eigenvalue weighted by molar-refractivity contribution is -0.133. The Morgan fingerprint density at radius 2 is 2.00 bits per heavy atom. The van der Waals surface area contributed by atoms with Crippen molar-refractivity contribution in [1.82, 2.24) is 10.2 Å². The molecule has 0 bridgehead atoms. The monoisotopic (exact) mass is 282 g/mol. The molecule has 1 amide bonds. The number of halogens is 3. The van der Waals surface area contributed by atoms with Crippen LogP contribution in [-0.2, 0) is 4.74 Å². The summed E-state index contributed by atoms with van der Waals surface area (Å²) in [4.78, 5) is 13.3. The SMILES string of the molecule is CC(C)(C)OC(=O)N1CCC(NCCC(F)(F)F)C1. The second kappa shape index (κ2) is 5.98. The van der Waals surface area contributed by atoms with Gasteiger partial charge in [0.25, 0.3) is 0 Å². The van der Waals surface area contributed by atoms with E-state index in [-0.39, 0.29) is 12.6 Å². The average Bonchev–Trinajstić information content (AvgIpc) is 2.61. The molecule has 0 spiro atoms. The smallest absolute Gasteiger partial charge is 0.410 e. The Hall–Kier alpha value is -0.980. The fourth-order valence-corrected chi connectivity index (χ4v) is 1.84. The number of likely N-dealkylation sites (tertiary alicyclic amines) is 1. The maximum atomic E-state index is 12.0. The van der Waals surface area contributed by atoms with Crippen LogP contribution in [0.1, 0.15) is 33.6 Å². The van der Waals surface area contributed by atoms with Crippen molar-refractivity contribution < 1.29 is 22.7 Å². The van der Waals surface area contributed by atoms with Crippen molar-refractivity contribution in [2.24, 2.45) is 0 Å². The van der Waals surface area contributed by atoms with Crippen molar-refractivity contribution in [2.75, 3.05) is 19.6 Å². The number of ether oxygens (including phenoxy) is 1. The van der Waals surface area contributed by atoms with Crippen LogP contribution in [0.2, 0.25) is 0 Å². The molecule has 0 aromatic heterocycles. The molecule has 0 aromatic carbocycles. The van der Waals surface area contributed by atoms with Gasteiger partial charge in [0.15, 0.2) is 0 Å². The van der Waals surface area contributed by atoms with E-state index in [2.05, 4.69) is 5.32 Å². The lowest BCUT2D eigenvalue weighted by Crippen LogP contribution is -2.39. The summed E-state index contributed by atoms with van der Waals surface area (Å²) in [6, 6.07) is -0.0881. The number of hydrogen-bond donors (Lipinski definition) is 1. The number of alkyl halides is 3. The molecule has 1 unspecified atom stereocenters. The maximum absolute atomic E-state index is 12.0. The number of amides is 1. The van der Waals surface area contributed by atoms with Gasteiger partial charge in [-0.1, -0.05) is 0 Å². The summed E-state index contributed by atoms with van der Waals surface area (Å²) in [5, 5.41) is 2.82. The van der Waals surface area contributed by atoms with Gasteiger partial charge in [-0.05, 0) is 27.2 Å². The van der Waals surface area contributed by atoms with E-state index in [1.165, 1.54) is 4.90 Å². The quantitative estimate of drug-likeness (QED) is 0.865. The van der Waals surface area contributed by atoms with Crippen LogP contribution in [0.5, 0.6) is 0 Å². The molecule has 112 valence electrons. The first kappa shape index (κ1) is 16.1. The molecular formula is C12H21F3N2O2. The van der Waals surface area contributed by atoms with Gasteiger partial charge in [-0.15, -0.1) is 0 Å². The summed E-state index contributed by atoms with van der Waals surface area (Å²) in [7, 11) is 0. The van der Waals surface area contributed by atoms with Gasteiger partial charge in [0.05, 0.1) is 6.42 Å². The lowest BCUT2D eigenvalue weighted by atomic mass is 10.2. The second-order valence-corrected chi connectivity index (χ2v) is 5.73. The van der Waals surface area contributed by atoms with Gasteiger partial charge in [-0.2, -0.15) is 13.2 Å². The van der Waals surface area contributed by atoms with Gasteiger partial charge in [0.1, 0.15) is 5.60 Å². The van der Waals surface area contributed by atoms with Crippen molar-refractivity contribution in [3.05, 3.63) is 0 Å². The third kappa shape index (κ3) is 6.66. The minimum atomic E-state index is -4.14. The van der Waals surface area contributed by atoms with Crippen molar-refractivity contribution in [1.29, 1.82) is 0 Å². The first-order valence-corrected chi connectivity index (χ1v) is 6.35. The Labute approximate surface area is 111 Å². The summed E-state index contributed by atoms with van der Waals surface area (Å²) >= 11 is 0. The molecule has 0 aliphatic carbocycles. The van der Waals surface area contributed by atoms with Gasteiger partial charge in [0, 0.05) is 25.7 Å². The molecule has 4 nitrogen and oxygen atoms in total. The van der Waals surface area contributed by atoms with Crippen LogP contribution < -0.4 is 5.32 Å². The molecule has 1 aliphatic heterocycles. The summed E-state index contributed by atoms with van der Waals surface area (Å²) in [5.41, 5.74) is -0.557. The molecule has 1 heterocycles. The van der Waals surface area contributed by atoms with E-state index in [9.17, 15) is 18.0 Å². The predicted octanol–water partition coefficient (Wildman–Crippen LogP) is 2.54. The van der Waals surface area contributed by atoms with Gasteiger partial charge < -0.3 is 15.0 Å². The Morgan fingerprint density at radius 1 is 1.37 bits per heavy atom. The number of nitrogens with zero attached hydrogens (tertiary/aromatic N) is 1. The van der Waals surface area contributed by atoms with E-state index in [4.69, 9.17) is 4.74 Å². The third-order valence-corrected chi connectivity index (χ3v) is 2.68. The molecule has 1 N–H and O–H groups in total. The van der Waals surface area contributed by atoms with Crippen molar-refractivity contribution in [2.45, 2.75) is 51.4 Å². The standard InChI is InChI=1S/C12H21F3N2O2/c1-11(2,3)19-10(18)17-7-4-9(8-17)16-6-5-12(13,14)15/h9,16H,4-8H2,1-3H3. The van der Waals surface area contributed by atoms with Crippen LogP contribution in [0.15, 0.2) is 0 Å². The van der Waals surface area contributed by atoms with Crippen LogP contribution in [0.25, 0.3) is 0 Å². The van der Waals surface area contributed by atoms with Gasteiger partial charge >= 0.3 is 12.3 Å². The highest BCUT2D eigenvalue weighted by molar-refractivity contribution is 5.68. The first-order valence-electron chi connectivity index (χ1n) is 6.35. The highest BCUT2D eigenvalue weighted by Crippen LogP contribution is 2.19. The summed E-state index contributed by atoms with van der Waals surface area (Å²) in [6.45, 7) is 6.13. The highest BCUT2D eigenvalue weighted by atomic mass is 19.4. The molecule has 0 aromatic rings. The van der Waals surface area contributed by atoms with Gasteiger partial charge in [-0.25, -0.2) is 4.79 Å². The molecule has 1 aliphatic rings. The first-order chi connectivity index (χ1) is 8.57. The number of hydrogen-bond acceptors (Lipinski definition) is 3. The van der Waals surface area contributed by atoms with E-state index >= 15 is 0 Å². The number of nitrogens with one attached hydrogen (secondary N) is 1. The molecule has 0 saturated carbocycles. The second-order valence-electron chi connectivity index (χ2n) is 5.73. The predicted molar refractivity (Wildman–Crippen MR) is 64.9 cm³/mol. The highest BCUT2D eigenvalue weighted by Gasteiger charge is 2.31. The number of rotatable bonds is 3. The number of carbonyl (C=O) groups excluding carboxylic acids is 1. The summed E-state index contributed by atoms with van der Waals surface area (Å²) < 4.78 is 41.2. The van der Waals surface area contributed by atoms with E-state index in [1.807, 2.05) is 0 Å². The van der Waals surface area contributed by atoms with Crippen LogP contribution >= 0.6 is 0 Å². The van der Waals surface area contributed by atoms with E-state index in [0.717, 1.165) is 0 Å². The van der Waals surface area contributed by atoms with Crippen LogP contribution in [0.4, 0.5) is 18.0 Å². The Bertz CT molecular complexity index is 313. The zero-order chi connectivity index (χ0) is 14.7. The summed E-state index contributed by atoms with van der Waals surface area (Å²) in [5.74, 6) is 0. The van der Waals surface area contributed by atoms with Crippen LogP contribution in [0.3, 0.4) is 0 Å². The molecule has 7 heteroatoms. The van der Waals surface area contributed by atoms with Crippen molar-refractivity contribution in [3.63, 3.8) is 0 Å². The maximum Gasteiger partial charge on any atom is 0.410 e. The fraction of sp³-hybridized carbons (Fsp3) is 0.917. The van der Waals surface area contributed by atoms with E-state index < -0.39 is 24.3 Å². The van der Waals surface area contributed by atoms with Crippen molar-refractivity contribution in [3.8, 4) is 0 Å². The average molecular weight is 282 g/mol. The zero-order valence-corrected chi connectivity index (χ0v) is 11.5. The third-order valence-electron chi connectivity index (χ3n) is 2.68. The zero-order valence-electron chi connectivity index (χ0n) is 11.5. The number of carbonyl (C=O) groups is 1. The van der Waals surface area contributed by atoms with E-state index in [1.54, 1.807) is 20.8 Å². The van der Waals surface area contributed by atoms with Gasteiger partial charge in [-0.3, -0.25) is 0 Å². The van der Waals surface area contributed by atoms with Crippen LogP contribution in [0, 0.1) is 0 Å². The molecule has 1 saturated heterocycles. The topological polar surface area (TPSA) is 41.6 Å². The largest absolute Gasteiger partial charge is 0.444 e. The van der Waals surface area contributed by atoms with Crippen molar-refractivity contribution >= 4 is 6.09 Å². The minimum absolute atomic E-state index is 0.0881. The van der Waals surface area contributed by atoms with E-state index in [0.29, 0.717) is 19.5 Å². The molecule has 1 atom stereocenters. The molecule has 1 fully saturated rings. The molecule has 0 radical (unpaired) electrons.